The van der Waals surface area contributed by atoms with Crippen LogP contribution in [-0.4, -0.2) is 15.6 Å². The number of hydrogen-bond donors (Lipinski definition) is 0. The monoisotopic (exact) mass is 204 g/mol. The second-order valence-corrected chi connectivity index (χ2v) is 6.05. The molecule has 0 aliphatic carbocycles. The van der Waals surface area contributed by atoms with Crippen LogP contribution in [0.4, 0.5) is 0 Å². The Morgan fingerprint density at radius 1 is 1.14 bits per heavy atom. The summed E-state index contributed by atoms with van der Waals surface area (Å²) in [5, 5.41) is 0. The maximum atomic E-state index is 5.75. The van der Waals surface area contributed by atoms with Gasteiger partial charge in [-0.15, -0.1) is 0 Å². The average Bonchev–Trinajstić information content (AvgIpc) is 2.29. The lowest BCUT2D eigenvalue weighted by Gasteiger charge is -2.17. The van der Waals surface area contributed by atoms with E-state index in [4.69, 9.17) is 4.43 Å². The molecule has 1 atom stereocenters. The van der Waals surface area contributed by atoms with Gasteiger partial charge in [-0.2, -0.15) is 0 Å². The third-order valence-electron chi connectivity index (χ3n) is 2.52. The molecule has 74 valence electrons. The van der Waals surface area contributed by atoms with Crippen LogP contribution in [0, 0.1) is 0 Å². The van der Waals surface area contributed by atoms with Gasteiger partial charge in [0.2, 0.25) is 9.04 Å². The molecule has 0 aromatic heterocycles. The minimum absolute atomic E-state index is 0.977. The van der Waals surface area contributed by atoms with Crippen LogP contribution < -0.4 is 0 Å². The van der Waals surface area contributed by atoms with E-state index in [1.807, 2.05) is 6.07 Å². The van der Waals surface area contributed by atoms with Gasteiger partial charge in [0, 0.05) is 6.61 Å². The molecule has 1 aliphatic heterocycles. The Balaban J connectivity index is 1.93. The lowest BCUT2D eigenvalue weighted by Crippen LogP contribution is -2.20. The summed E-state index contributed by atoms with van der Waals surface area (Å²) >= 11 is 0. The molecule has 1 aliphatic rings. The lowest BCUT2D eigenvalue weighted by molar-refractivity contribution is 0.294. The summed E-state index contributed by atoms with van der Waals surface area (Å²) in [5.41, 5.74) is 3.60. The van der Waals surface area contributed by atoms with Gasteiger partial charge < -0.3 is 4.43 Å². The van der Waals surface area contributed by atoms with Crippen molar-refractivity contribution in [1.82, 2.24) is 0 Å². The molecule has 1 aromatic carbocycles. The van der Waals surface area contributed by atoms with E-state index in [-0.39, 0.29) is 0 Å². The zero-order valence-corrected chi connectivity index (χ0v) is 9.51. The highest BCUT2D eigenvalue weighted by Crippen LogP contribution is 2.12. The van der Waals surface area contributed by atoms with Crippen molar-refractivity contribution < 1.29 is 4.43 Å². The van der Waals surface area contributed by atoms with Crippen molar-refractivity contribution in [3.05, 3.63) is 41.6 Å². The van der Waals surface area contributed by atoms with Crippen molar-refractivity contribution in [2.75, 3.05) is 6.61 Å². The second-order valence-electron chi connectivity index (χ2n) is 3.67. The fourth-order valence-electron chi connectivity index (χ4n) is 1.70. The maximum absolute atomic E-state index is 5.75. The molecule has 1 heterocycles. The van der Waals surface area contributed by atoms with E-state index in [1.165, 1.54) is 24.4 Å². The van der Waals surface area contributed by atoms with Crippen LogP contribution in [0.5, 0.6) is 0 Å². The lowest BCUT2D eigenvalue weighted by atomic mass is 10.2. The maximum Gasteiger partial charge on any atom is 0.201 e. The van der Waals surface area contributed by atoms with E-state index >= 15 is 0 Å². The molecule has 1 fully saturated rings. The molecule has 1 saturated heterocycles. The van der Waals surface area contributed by atoms with Crippen LogP contribution in [0.15, 0.2) is 36.0 Å². The Bertz CT molecular complexity index is 288. The minimum atomic E-state index is -0.977. The second kappa shape index (κ2) is 5.13. The van der Waals surface area contributed by atoms with Crippen molar-refractivity contribution in [3.63, 3.8) is 0 Å². The van der Waals surface area contributed by atoms with Gasteiger partial charge >= 0.3 is 0 Å². The molecule has 2 rings (SSSR count). The highest BCUT2D eigenvalue weighted by Gasteiger charge is 2.11. The first kappa shape index (κ1) is 9.68. The molecule has 0 saturated carbocycles. The van der Waals surface area contributed by atoms with Gasteiger partial charge in [-0.3, -0.25) is 0 Å². The molecular weight excluding hydrogens is 188 g/mol. The summed E-state index contributed by atoms with van der Waals surface area (Å²) in [7, 11) is -0.977. The molecule has 2 heteroatoms. The molecule has 1 aromatic rings. The van der Waals surface area contributed by atoms with Crippen molar-refractivity contribution in [2.45, 2.75) is 18.9 Å². The van der Waals surface area contributed by atoms with E-state index < -0.39 is 9.04 Å². The van der Waals surface area contributed by atoms with E-state index in [9.17, 15) is 0 Å². The summed E-state index contributed by atoms with van der Waals surface area (Å²) in [6.07, 6.45) is 4.82. The Hall–Kier alpha value is -0.863. The molecule has 0 amide bonds. The molecule has 1 nitrogen and oxygen atoms in total. The largest absolute Gasteiger partial charge is 0.416 e. The molecule has 0 bridgehead atoms. The Labute approximate surface area is 87.1 Å². The first-order valence-electron chi connectivity index (χ1n) is 5.30. The summed E-state index contributed by atoms with van der Waals surface area (Å²) in [5.74, 6) is 0. The molecule has 0 radical (unpaired) electrons. The number of rotatable bonds is 2. The standard InChI is InChI=1S/C12H16OSi/c1-2-6-12(7-3-1)8-11-14-10-5-4-9-13-14/h1-3,6-8,11,14H,4-5,9-10H2. The van der Waals surface area contributed by atoms with Gasteiger partial charge in [-0.05, 0) is 18.0 Å². The summed E-state index contributed by atoms with van der Waals surface area (Å²) in [4.78, 5) is 0. The number of hydrogen-bond acceptors (Lipinski definition) is 1. The highest BCUT2D eigenvalue weighted by atomic mass is 28.3. The van der Waals surface area contributed by atoms with E-state index in [1.54, 1.807) is 0 Å². The SMILES string of the molecule is C(=C[SiH]1CCCCO1)c1ccccc1. The summed E-state index contributed by atoms with van der Waals surface area (Å²) in [6, 6.07) is 11.8. The predicted octanol–water partition coefficient (Wildman–Crippen LogP) is 2.77. The fourth-order valence-corrected chi connectivity index (χ4v) is 3.77. The highest BCUT2D eigenvalue weighted by molar-refractivity contribution is 6.58. The van der Waals surface area contributed by atoms with Crippen LogP contribution in [0.25, 0.3) is 6.08 Å². The van der Waals surface area contributed by atoms with Crippen LogP contribution in [-0.2, 0) is 4.43 Å². The molecule has 0 N–H and O–H groups in total. The summed E-state index contributed by atoms with van der Waals surface area (Å²) < 4.78 is 5.75. The fraction of sp³-hybridized carbons (Fsp3) is 0.333. The summed E-state index contributed by atoms with van der Waals surface area (Å²) in [6.45, 7) is 0.982. The van der Waals surface area contributed by atoms with E-state index in [0.29, 0.717) is 0 Å². The van der Waals surface area contributed by atoms with Crippen LogP contribution >= 0.6 is 0 Å². The first-order valence-corrected chi connectivity index (χ1v) is 7.25. The zero-order chi connectivity index (χ0) is 9.64. The van der Waals surface area contributed by atoms with Crippen LogP contribution in [0.1, 0.15) is 18.4 Å². The first-order chi connectivity index (χ1) is 6.95. The third-order valence-corrected chi connectivity index (χ3v) is 4.78. The van der Waals surface area contributed by atoms with Crippen molar-refractivity contribution >= 4 is 15.1 Å². The van der Waals surface area contributed by atoms with Gasteiger partial charge in [-0.25, -0.2) is 0 Å². The van der Waals surface area contributed by atoms with Gasteiger partial charge in [0.15, 0.2) is 0 Å². The Morgan fingerprint density at radius 2 is 2.00 bits per heavy atom. The number of benzene rings is 1. The average molecular weight is 204 g/mol. The zero-order valence-electron chi connectivity index (χ0n) is 8.36. The third kappa shape index (κ3) is 2.82. The predicted molar refractivity (Wildman–Crippen MR) is 62.6 cm³/mol. The topological polar surface area (TPSA) is 9.23 Å². The smallest absolute Gasteiger partial charge is 0.201 e. The van der Waals surface area contributed by atoms with E-state index in [0.717, 1.165) is 6.61 Å². The van der Waals surface area contributed by atoms with Crippen LogP contribution in [0.3, 0.4) is 0 Å². The minimum Gasteiger partial charge on any atom is -0.416 e. The molecule has 0 spiro atoms. The molecular formula is C12H16OSi. The Morgan fingerprint density at radius 3 is 2.71 bits per heavy atom. The van der Waals surface area contributed by atoms with Crippen molar-refractivity contribution in [3.8, 4) is 0 Å². The Kier molecular flexibility index (Phi) is 3.55. The van der Waals surface area contributed by atoms with Crippen LogP contribution in [0.2, 0.25) is 6.04 Å². The molecule has 14 heavy (non-hydrogen) atoms. The van der Waals surface area contributed by atoms with Gasteiger partial charge in [0.05, 0.1) is 0 Å². The van der Waals surface area contributed by atoms with Gasteiger partial charge in [-0.1, -0.05) is 48.5 Å². The van der Waals surface area contributed by atoms with Gasteiger partial charge in [0.25, 0.3) is 0 Å². The molecule has 1 unspecified atom stereocenters. The quantitative estimate of drug-likeness (QED) is 0.673. The normalized spacial score (nSPS) is 22.7. The van der Waals surface area contributed by atoms with E-state index in [2.05, 4.69) is 36.0 Å². The van der Waals surface area contributed by atoms with Crippen molar-refractivity contribution in [1.29, 1.82) is 0 Å². The van der Waals surface area contributed by atoms with Crippen molar-refractivity contribution in [2.24, 2.45) is 0 Å². The van der Waals surface area contributed by atoms with Gasteiger partial charge in [0.1, 0.15) is 0 Å².